The number of aromatic nitrogens is 3. The van der Waals surface area contributed by atoms with E-state index in [-0.39, 0.29) is 10.8 Å². The predicted molar refractivity (Wildman–Crippen MR) is 129 cm³/mol. The Morgan fingerprint density at radius 3 is 2.44 bits per heavy atom. The van der Waals surface area contributed by atoms with E-state index in [4.69, 9.17) is 0 Å². The first kappa shape index (κ1) is 22.2. The van der Waals surface area contributed by atoms with Gasteiger partial charge in [0.2, 0.25) is 15.9 Å². The molecular formula is C23H25N7O3S. The van der Waals surface area contributed by atoms with E-state index in [1.54, 1.807) is 24.4 Å². The molecule has 11 heteroatoms. The fraction of sp³-hybridized carbons (Fsp3) is 0.304. The molecule has 34 heavy (non-hydrogen) atoms. The van der Waals surface area contributed by atoms with Crippen molar-refractivity contribution in [2.45, 2.75) is 24.7 Å². The van der Waals surface area contributed by atoms with E-state index in [0.29, 0.717) is 62.2 Å². The quantitative estimate of drug-likeness (QED) is 0.572. The van der Waals surface area contributed by atoms with Crippen LogP contribution in [-0.4, -0.2) is 60.0 Å². The van der Waals surface area contributed by atoms with Crippen molar-refractivity contribution in [2.24, 2.45) is 0 Å². The van der Waals surface area contributed by atoms with Crippen molar-refractivity contribution in [1.29, 1.82) is 0 Å². The Hall–Kier alpha value is -3.57. The number of rotatable bonds is 5. The van der Waals surface area contributed by atoms with Crippen LogP contribution in [-0.2, 0) is 21.2 Å². The monoisotopic (exact) mass is 479 g/mol. The minimum atomic E-state index is -3.62. The van der Waals surface area contributed by atoms with Crippen molar-refractivity contribution in [3.05, 3.63) is 59.8 Å². The Bertz CT molecular complexity index is 1300. The lowest BCUT2D eigenvalue weighted by Crippen LogP contribution is -2.49. The number of amides is 1. The van der Waals surface area contributed by atoms with Gasteiger partial charge in [-0.1, -0.05) is 6.07 Å². The first-order chi connectivity index (χ1) is 16.4. The predicted octanol–water partition coefficient (Wildman–Crippen LogP) is 2.32. The van der Waals surface area contributed by atoms with Gasteiger partial charge in [0.25, 0.3) is 0 Å². The summed E-state index contributed by atoms with van der Waals surface area (Å²) in [4.78, 5) is 18.1. The third-order valence-electron chi connectivity index (χ3n) is 5.99. The lowest BCUT2D eigenvalue weighted by Gasteiger charge is -2.34. The van der Waals surface area contributed by atoms with Crippen LogP contribution in [0, 0.1) is 6.92 Å². The summed E-state index contributed by atoms with van der Waals surface area (Å²) in [5.74, 6) is 1.93. The molecule has 176 valence electrons. The van der Waals surface area contributed by atoms with E-state index in [1.165, 1.54) is 4.31 Å². The zero-order valence-electron chi connectivity index (χ0n) is 18.7. The molecule has 1 aromatic carbocycles. The number of nitrogens with one attached hydrogen (secondary N) is 2. The molecule has 1 fully saturated rings. The Morgan fingerprint density at radius 2 is 1.74 bits per heavy atom. The maximum absolute atomic E-state index is 13.2. The highest BCUT2D eigenvalue weighted by atomic mass is 32.2. The van der Waals surface area contributed by atoms with Crippen LogP contribution in [0.2, 0.25) is 0 Å². The molecule has 0 spiro atoms. The molecule has 4 heterocycles. The van der Waals surface area contributed by atoms with Crippen LogP contribution in [0.1, 0.15) is 17.5 Å². The summed E-state index contributed by atoms with van der Waals surface area (Å²) in [5, 5.41) is 14.4. The molecule has 5 rings (SSSR count). The summed E-state index contributed by atoms with van der Waals surface area (Å²) in [5.41, 5.74) is 2.62. The van der Waals surface area contributed by atoms with Gasteiger partial charge in [0.05, 0.1) is 4.90 Å². The minimum absolute atomic E-state index is 0.0436. The van der Waals surface area contributed by atoms with E-state index < -0.39 is 10.0 Å². The summed E-state index contributed by atoms with van der Waals surface area (Å²) in [6, 6.07) is 12.5. The van der Waals surface area contributed by atoms with Crippen molar-refractivity contribution in [3.8, 4) is 0 Å². The van der Waals surface area contributed by atoms with Crippen LogP contribution in [0.4, 0.5) is 23.1 Å². The third-order valence-corrected chi connectivity index (χ3v) is 7.89. The number of carbonyl (C=O) groups is 1. The second-order valence-electron chi connectivity index (χ2n) is 8.38. The van der Waals surface area contributed by atoms with Crippen molar-refractivity contribution in [3.63, 3.8) is 0 Å². The van der Waals surface area contributed by atoms with Gasteiger partial charge in [-0.15, -0.1) is 10.2 Å². The molecule has 1 amide bonds. The largest absolute Gasteiger partial charge is 0.352 e. The van der Waals surface area contributed by atoms with Crippen molar-refractivity contribution >= 4 is 39.1 Å². The number of anilines is 4. The number of aryl methyl sites for hydroxylation is 2. The third kappa shape index (κ3) is 4.57. The molecule has 2 aliphatic rings. The summed E-state index contributed by atoms with van der Waals surface area (Å²) in [7, 11) is -3.62. The van der Waals surface area contributed by atoms with Gasteiger partial charge >= 0.3 is 0 Å². The molecule has 0 bridgehead atoms. The molecule has 3 aromatic rings. The summed E-state index contributed by atoms with van der Waals surface area (Å²) < 4.78 is 27.9. The van der Waals surface area contributed by atoms with Gasteiger partial charge in [0, 0.05) is 44.5 Å². The van der Waals surface area contributed by atoms with E-state index >= 15 is 0 Å². The average Bonchev–Trinajstić information content (AvgIpc) is 2.85. The zero-order chi connectivity index (χ0) is 23.7. The molecule has 10 nitrogen and oxygen atoms in total. The first-order valence-corrected chi connectivity index (χ1v) is 12.5. The van der Waals surface area contributed by atoms with Crippen LogP contribution < -0.4 is 15.5 Å². The van der Waals surface area contributed by atoms with Gasteiger partial charge in [-0.3, -0.25) is 4.79 Å². The summed E-state index contributed by atoms with van der Waals surface area (Å²) >= 11 is 0. The molecule has 0 aliphatic carbocycles. The smallest absolute Gasteiger partial charge is 0.243 e. The zero-order valence-corrected chi connectivity index (χ0v) is 19.5. The second-order valence-corrected chi connectivity index (χ2v) is 10.3. The minimum Gasteiger partial charge on any atom is -0.352 e. The number of carbonyl (C=O) groups excluding carboxylic acids is 1. The van der Waals surface area contributed by atoms with E-state index in [0.717, 1.165) is 11.1 Å². The molecule has 2 N–H and O–H groups in total. The lowest BCUT2D eigenvalue weighted by atomic mass is 10.0. The highest BCUT2D eigenvalue weighted by molar-refractivity contribution is 7.89. The fourth-order valence-electron chi connectivity index (χ4n) is 4.06. The number of sulfonamides is 1. The van der Waals surface area contributed by atoms with Crippen LogP contribution >= 0.6 is 0 Å². The Morgan fingerprint density at radius 1 is 0.941 bits per heavy atom. The van der Waals surface area contributed by atoms with Gasteiger partial charge in [-0.05, 0) is 60.9 Å². The van der Waals surface area contributed by atoms with Crippen molar-refractivity contribution in [2.75, 3.05) is 41.7 Å². The van der Waals surface area contributed by atoms with Gasteiger partial charge in [0.1, 0.15) is 5.82 Å². The van der Waals surface area contributed by atoms with Gasteiger partial charge in [-0.2, -0.15) is 4.31 Å². The lowest BCUT2D eigenvalue weighted by molar-refractivity contribution is -0.116. The fourth-order valence-corrected chi connectivity index (χ4v) is 5.53. The molecular weight excluding hydrogens is 454 g/mol. The number of hydrogen-bond donors (Lipinski definition) is 2. The molecule has 0 radical (unpaired) electrons. The maximum Gasteiger partial charge on any atom is 0.243 e. The maximum atomic E-state index is 13.2. The van der Waals surface area contributed by atoms with Crippen molar-refractivity contribution in [1.82, 2.24) is 19.5 Å². The molecule has 2 aliphatic heterocycles. The van der Waals surface area contributed by atoms with Crippen LogP contribution in [0.5, 0.6) is 0 Å². The number of piperazine rings is 1. The van der Waals surface area contributed by atoms with E-state index in [9.17, 15) is 13.2 Å². The number of hydrogen-bond acceptors (Lipinski definition) is 8. The van der Waals surface area contributed by atoms with E-state index in [2.05, 4.69) is 25.8 Å². The Kier molecular flexibility index (Phi) is 5.88. The molecule has 2 aromatic heterocycles. The second kappa shape index (κ2) is 8.99. The first-order valence-electron chi connectivity index (χ1n) is 11.1. The normalized spacial score (nSPS) is 16.6. The highest BCUT2D eigenvalue weighted by Gasteiger charge is 2.30. The standard InChI is InChI=1S/C23H25N7O3S/c1-16-2-6-20(24-15-16)26-21-7-8-22(28-27-21)29-10-12-30(13-11-29)34(32,33)18-4-5-19-17(14-18)3-9-23(31)25-19/h2,4-8,14-15H,3,9-13H2,1H3,(H,25,31)(H,24,26,27). The van der Waals surface area contributed by atoms with Crippen LogP contribution in [0.25, 0.3) is 0 Å². The van der Waals surface area contributed by atoms with Crippen molar-refractivity contribution < 1.29 is 13.2 Å². The number of pyridine rings is 1. The Labute approximate surface area is 198 Å². The van der Waals surface area contributed by atoms with E-state index in [1.807, 2.05) is 36.1 Å². The Balaban J connectivity index is 1.22. The van der Waals surface area contributed by atoms with Crippen LogP contribution in [0.3, 0.4) is 0 Å². The topological polar surface area (TPSA) is 120 Å². The number of fused-ring (bicyclic) bond motifs is 1. The molecule has 0 atom stereocenters. The molecule has 0 saturated carbocycles. The number of benzene rings is 1. The van der Waals surface area contributed by atoms with Crippen LogP contribution in [0.15, 0.2) is 53.6 Å². The SMILES string of the molecule is Cc1ccc(Nc2ccc(N3CCN(S(=O)(=O)c4ccc5c(c4)CCC(=O)N5)CC3)nn2)nc1. The number of nitrogens with zero attached hydrogens (tertiary/aromatic N) is 5. The molecule has 0 unspecified atom stereocenters. The van der Waals surface area contributed by atoms with Gasteiger partial charge in [0.15, 0.2) is 11.6 Å². The summed E-state index contributed by atoms with van der Waals surface area (Å²) in [6.07, 6.45) is 2.69. The van der Waals surface area contributed by atoms with Gasteiger partial charge in [-0.25, -0.2) is 13.4 Å². The summed E-state index contributed by atoms with van der Waals surface area (Å²) in [6.45, 7) is 3.71. The average molecular weight is 480 g/mol. The van der Waals surface area contributed by atoms with Gasteiger partial charge < -0.3 is 15.5 Å². The molecule has 1 saturated heterocycles. The highest BCUT2D eigenvalue weighted by Crippen LogP contribution is 2.28.